The maximum absolute atomic E-state index is 13.6. The molecule has 2 aliphatic rings. The number of carbonyl (C=O) groups is 4. The molecule has 2 aliphatic heterocycles. The summed E-state index contributed by atoms with van der Waals surface area (Å²) in [4.78, 5) is 55.3. The number of hydrogen-bond donors (Lipinski definition) is 3. The molecule has 2 saturated heterocycles. The zero-order valence-electron chi connectivity index (χ0n) is 25.3. The van der Waals surface area contributed by atoms with Gasteiger partial charge in [0.05, 0.1) is 44.9 Å². The fourth-order valence-electron chi connectivity index (χ4n) is 4.93. The summed E-state index contributed by atoms with van der Waals surface area (Å²) in [7, 11) is 0. The summed E-state index contributed by atoms with van der Waals surface area (Å²) >= 11 is 0. The third-order valence-corrected chi connectivity index (χ3v) is 7.55. The monoisotopic (exact) mass is 608 g/mol. The van der Waals surface area contributed by atoms with E-state index in [1.165, 1.54) is 6.07 Å². The summed E-state index contributed by atoms with van der Waals surface area (Å²) in [6.45, 7) is 8.99. The first kappa shape index (κ1) is 32.8. The van der Waals surface area contributed by atoms with Crippen LogP contribution in [0.1, 0.15) is 55.4 Å². The number of carbonyl (C=O) groups excluding carboxylic acids is 4. The SMILES string of the molecule is CC(C)C[C@H](NC(=O)[C@H](Cc1ccccc1)NC(=O)[C@H](CC#N)NC(=O)c1cc(CN2CCOCC2)on1)C(=O)[C@]1(C)CO1. The summed E-state index contributed by atoms with van der Waals surface area (Å²) in [6.07, 6.45) is 0.171. The van der Waals surface area contributed by atoms with Crippen molar-refractivity contribution in [2.24, 2.45) is 5.92 Å². The molecule has 0 saturated carbocycles. The Balaban J connectivity index is 1.45. The van der Waals surface area contributed by atoms with Gasteiger partial charge in [0.25, 0.3) is 5.91 Å². The summed E-state index contributed by atoms with van der Waals surface area (Å²) in [5, 5.41) is 21.3. The van der Waals surface area contributed by atoms with Crippen LogP contribution in [0.25, 0.3) is 0 Å². The molecule has 3 amide bonds. The Bertz CT molecular complexity index is 1340. The number of amides is 3. The van der Waals surface area contributed by atoms with E-state index >= 15 is 0 Å². The number of ether oxygens (including phenoxy) is 2. The van der Waals surface area contributed by atoms with Crippen molar-refractivity contribution in [1.29, 1.82) is 5.26 Å². The van der Waals surface area contributed by atoms with Crippen molar-refractivity contribution in [2.75, 3.05) is 32.9 Å². The van der Waals surface area contributed by atoms with Crippen LogP contribution in [0.15, 0.2) is 40.9 Å². The number of nitrogens with zero attached hydrogens (tertiary/aromatic N) is 3. The van der Waals surface area contributed by atoms with Gasteiger partial charge in [0.1, 0.15) is 17.7 Å². The average Bonchev–Trinajstić information content (AvgIpc) is 3.59. The molecule has 1 aromatic carbocycles. The van der Waals surface area contributed by atoms with E-state index in [0.29, 0.717) is 31.9 Å². The van der Waals surface area contributed by atoms with Crippen LogP contribution in [0.5, 0.6) is 0 Å². The van der Waals surface area contributed by atoms with Crippen molar-refractivity contribution >= 4 is 23.5 Å². The summed E-state index contributed by atoms with van der Waals surface area (Å²) in [5.74, 6) is -1.61. The Labute approximate surface area is 256 Å². The summed E-state index contributed by atoms with van der Waals surface area (Å²) in [5.41, 5.74) is -0.196. The standard InChI is InChI=1S/C31H40N6O7/c1-20(2)15-24(27(38)31(3)19-43-31)34-29(40)25(16-21-7-5-4-6-8-21)35-28(39)23(9-10-32)33-30(41)26-17-22(44-36-26)18-37-11-13-42-14-12-37/h4-8,17,20,23-25H,9,11-16,18-19H2,1-3H3,(H,33,41)(H,34,40)(H,35,39)/t23-,24-,25-,31-/m0/s1. The molecule has 1 aromatic heterocycles. The topological polar surface area (TPSA) is 179 Å². The minimum atomic E-state index is -1.27. The number of hydrogen-bond acceptors (Lipinski definition) is 10. The van der Waals surface area contributed by atoms with Gasteiger partial charge in [-0.1, -0.05) is 49.3 Å². The Morgan fingerprint density at radius 3 is 2.32 bits per heavy atom. The van der Waals surface area contributed by atoms with E-state index in [1.54, 1.807) is 6.92 Å². The van der Waals surface area contributed by atoms with Gasteiger partial charge in [-0.3, -0.25) is 24.1 Å². The molecule has 44 heavy (non-hydrogen) atoms. The smallest absolute Gasteiger partial charge is 0.274 e. The first-order chi connectivity index (χ1) is 21.1. The zero-order valence-corrected chi connectivity index (χ0v) is 25.3. The molecule has 13 heteroatoms. The lowest BCUT2D eigenvalue weighted by molar-refractivity contribution is -0.133. The van der Waals surface area contributed by atoms with Crippen LogP contribution in [0.4, 0.5) is 0 Å². The molecule has 3 N–H and O–H groups in total. The highest BCUT2D eigenvalue weighted by atomic mass is 16.6. The maximum Gasteiger partial charge on any atom is 0.274 e. The molecule has 0 aliphatic carbocycles. The number of Topliss-reactive ketones (excluding diaryl/α,β-unsaturated/α-hetero) is 1. The van der Waals surface area contributed by atoms with Crippen LogP contribution in [0.3, 0.4) is 0 Å². The van der Waals surface area contributed by atoms with Crippen molar-refractivity contribution in [3.63, 3.8) is 0 Å². The molecule has 3 heterocycles. The van der Waals surface area contributed by atoms with Crippen molar-refractivity contribution < 1.29 is 33.2 Å². The van der Waals surface area contributed by atoms with Gasteiger partial charge in [-0.05, 0) is 24.8 Å². The van der Waals surface area contributed by atoms with Gasteiger partial charge < -0.3 is 29.9 Å². The minimum Gasteiger partial charge on any atom is -0.379 e. The van der Waals surface area contributed by atoms with Crippen molar-refractivity contribution in [3.8, 4) is 6.07 Å². The fourth-order valence-corrected chi connectivity index (χ4v) is 4.93. The van der Waals surface area contributed by atoms with Crippen LogP contribution in [0, 0.1) is 17.2 Å². The van der Waals surface area contributed by atoms with Crippen molar-refractivity contribution in [3.05, 3.63) is 53.4 Å². The van der Waals surface area contributed by atoms with E-state index in [4.69, 9.17) is 14.0 Å². The first-order valence-corrected chi connectivity index (χ1v) is 14.8. The van der Waals surface area contributed by atoms with Gasteiger partial charge in [-0.15, -0.1) is 0 Å². The molecule has 4 atom stereocenters. The van der Waals surface area contributed by atoms with Crippen LogP contribution in [-0.2, 0) is 36.8 Å². The van der Waals surface area contributed by atoms with E-state index in [1.807, 2.05) is 50.2 Å². The number of rotatable bonds is 15. The highest BCUT2D eigenvalue weighted by Gasteiger charge is 2.50. The average molecular weight is 609 g/mol. The van der Waals surface area contributed by atoms with E-state index in [2.05, 4.69) is 26.0 Å². The first-order valence-electron chi connectivity index (χ1n) is 14.8. The number of nitriles is 1. The number of nitrogens with one attached hydrogen (secondary N) is 3. The molecule has 0 radical (unpaired) electrons. The molecular formula is C31H40N6O7. The normalized spacial score (nSPS) is 20.2. The number of aromatic nitrogens is 1. The minimum absolute atomic E-state index is 0.0339. The van der Waals surface area contributed by atoms with Crippen LogP contribution in [0.2, 0.25) is 0 Å². The van der Waals surface area contributed by atoms with Gasteiger partial charge in [0.2, 0.25) is 11.8 Å². The lowest BCUT2D eigenvalue weighted by Gasteiger charge is -2.26. The van der Waals surface area contributed by atoms with Crippen molar-refractivity contribution in [1.82, 2.24) is 26.0 Å². The van der Waals surface area contributed by atoms with Gasteiger partial charge >= 0.3 is 0 Å². The molecule has 236 valence electrons. The van der Waals surface area contributed by atoms with E-state index in [-0.39, 0.29) is 36.8 Å². The van der Waals surface area contributed by atoms with Gasteiger partial charge in [0.15, 0.2) is 17.2 Å². The number of epoxide rings is 1. The molecule has 13 nitrogen and oxygen atoms in total. The molecule has 0 bridgehead atoms. The molecule has 0 spiro atoms. The second-order valence-corrected chi connectivity index (χ2v) is 11.8. The van der Waals surface area contributed by atoms with Crippen LogP contribution in [-0.4, -0.2) is 90.2 Å². The second-order valence-electron chi connectivity index (χ2n) is 11.8. The Kier molecular flexibility index (Phi) is 11.2. The van der Waals surface area contributed by atoms with E-state index in [0.717, 1.165) is 18.7 Å². The summed E-state index contributed by atoms with van der Waals surface area (Å²) in [6, 6.07) is 9.32. The van der Waals surface area contributed by atoms with Crippen LogP contribution < -0.4 is 16.0 Å². The van der Waals surface area contributed by atoms with Crippen LogP contribution >= 0.6 is 0 Å². The van der Waals surface area contributed by atoms with Crippen molar-refractivity contribution in [2.45, 2.75) is 70.3 Å². The Hall–Kier alpha value is -4.12. The van der Waals surface area contributed by atoms with Gasteiger partial charge in [0, 0.05) is 25.6 Å². The van der Waals surface area contributed by atoms with E-state index < -0.39 is 41.4 Å². The number of morpholine rings is 1. The lowest BCUT2D eigenvalue weighted by atomic mass is 9.93. The quantitative estimate of drug-likeness (QED) is 0.248. The third kappa shape index (κ3) is 9.19. The molecule has 2 aromatic rings. The predicted octanol–water partition coefficient (Wildman–Crippen LogP) is 1.14. The van der Waals surface area contributed by atoms with Gasteiger partial charge in [-0.25, -0.2) is 0 Å². The number of benzene rings is 1. The second kappa shape index (κ2) is 15.1. The lowest BCUT2D eigenvalue weighted by Crippen LogP contribution is -2.57. The highest BCUT2D eigenvalue weighted by molar-refractivity contribution is 5.99. The molecule has 4 rings (SSSR count). The molecule has 0 unspecified atom stereocenters. The Morgan fingerprint density at radius 1 is 1.02 bits per heavy atom. The number of ketones is 1. The summed E-state index contributed by atoms with van der Waals surface area (Å²) < 4.78 is 16.0. The largest absolute Gasteiger partial charge is 0.379 e. The fraction of sp³-hybridized carbons (Fsp3) is 0.548. The molecule has 2 fully saturated rings. The highest BCUT2D eigenvalue weighted by Crippen LogP contribution is 2.29. The predicted molar refractivity (Wildman–Crippen MR) is 157 cm³/mol. The zero-order chi connectivity index (χ0) is 31.7. The third-order valence-electron chi connectivity index (χ3n) is 7.55. The van der Waals surface area contributed by atoms with E-state index in [9.17, 15) is 24.4 Å². The Morgan fingerprint density at radius 2 is 1.68 bits per heavy atom. The maximum atomic E-state index is 13.6. The van der Waals surface area contributed by atoms with Gasteiger partial charge in [-0.2, -0.15) is 5.26 Å². The molecular weight excluding hydrogens is 568 g/mol.